The minimum Gasteiger partial charge on any atom is -0.461 e. The van der Waals surface area contributed by atoms with E-state index in [0.717, 1.165) is 6.07 Å². The topological polar surface area (TPSA) is 78.3 Å². The number of halogens is 5. The quantitative estimate of drug-likeness (QED) is 0.433. The molecule has 0 unspecified atom stereocenters. The van der Waals surface area contributed by atoms with Gasteiger partial charge in [-0.1, -0.05) is 0 Å². The number of hydrogen-bond acceptors (Lipinski definition) is 6. The Labute approximate surface area is 175 Å². The highest BCUT2D eigenvalue weighted by Crippen LogP contribution is 2.35. The van der Waals surface area contributed by atoms with E-state index in [1.54, 1.807) is 13.8 Å². The molecule has 0 saturated carbocycles. The Morgan fingerprint density at radius 3 is 2.45 bits per heavy atom. The standard InChI is InChI=1S/C19H23F5N4O3/c1-5-28-13(7-12(27-28)16(29)30-6-2)11-9-25-15(8-14(11)31-17(20)21)26-18(3,4)10-19(22,23)24/h7-9,17H,5-6,10H2,1-4H3,(H,25,26). The van der Waals surface area contributed by atoms with Crippen LogP contribution in [0.5, 0.6) is 5.75 Å². The minimum atomic E-state index is -4.43. The molecule has 12 heteroatoms. The summed E-state index contributed by atoms with van der Waals surface area (Å²) in [5.41, 5.74) is -1.13. The van der Waals surface area contributed by atoms with Crippen molar-refractivity contribution in [2.45, 2.75) is 59.0 Å². The third kappa shape index (κ3) is 6.79. The molecule has 2 rings (SSSR count). The van der Waals surface area contributed by atoms with Crippen LogP contribution in [0.25, 0.3) is 11.3 Å². The number of esters is 1. The molecule has 0 atom stereocenters. The van der Waals surface area contributed by atoms with Crippen LogP contribution in [0.15, 0.2) is 18.3 Å². The van der Waals surface area contributed by atoms with Gasteiger partial charge in [0.15, 0.2) is 5.69 Å². The maximum atomic E-state index is 13.0. The highest BCUT2D eigenvalue weighted by atomic mass is 19.4. The van der Waals surface area contributed by atoms with Gasteiger partial charge in [0.05, 0.1) is 24.3 Å². The zero-order chi connectivity index (χ0) is 23.4. The third-order valence-corrected chi connectivity index (χ3v) is 4.03. The Hall–Kier alpha value is -2.92. The Bertz CT molecular complexity index is 912. The van der Waals surface area contributed by atoms with Gasteiger partial charge in [-0.25, -0.2) is 9.78 Å². The zero-order valence-electron chi connectivity index (χ0n) is 17.4. The monoisotopic (exact) mass is 450 g/mol. The molecule has 172 valence electrons. The van der Waals surface area contributed by atoms with Crippen LogP contribution in [0.3, 0.4) is 0 Å². The molecule has 0 amide bonds. The number of alkyl halides is 5. The Kier molecular flexibility index (Phi) is 7.45. The predicted molar refractivity (Wildman–Crippen MR) is 102 cm³/mol. The average Bonchev–Trinajstić information content (AvgIpc) is 3.03. The lowest BCUT2D eigenvalue weighted by Crippen LogP contribution is -2.36. The first-order valence-electron chi connectivity index (χ1n) is 9.40. The van der Waals surface area contributed by atoms with E-state index in [2.05, 4.69) is 20.1 Å². The smallest absolute Gasteiger partial charge is 0.391 e. The molecule has 0 aromatic carbocycles. The van der Waals surface area contributed by atoms with Gasteiger partial charge in [-0.15, -0.1) is 0 Å². The SMILES string of the molecule is CCOC(=O)c1cc(-c2cnc(NC(C)(C)CC(F)(F)F)cc2OC(F)F)n(CC)n1. The maximum absolute atomic E-state index is 13.0. The number of aryl methyl sites for hydroxylation is 1. The van der Waals surface area contributed by atoms with Crippen LogP contribution in [-0.4, -0.2) is 45.7 Å². The summed E-state index contributed by atoms with van der Waals surface area (Å²) in [4.78, 5) is 16.0. The van der Waals surface area contributed by atoms with E-state index in [1.165, 1.54) is 30.8 Å². The van der Waals surface area contributed by atoms with Gasteiger partial charge in [0.25, 0.3) is 0 Å². The van der Waals surface area contributed by atoms with Crippen molar-refractivity contribution in [1.29, 1.82) is 0 Å². The predicted octanol–water partition coefficient (Wildman–Crippen LogP) is 4.89. The van der Waals surface area contributed by atoms with Crippen LogP contribution >= 0.6 is 0 Å². The summed E-state index contributed by atoms with van der Waals surface area (Å²) in [5.74, 6) is -1.10. The highest BCUT2D eigenvalue weighted by molar-refractivity contribution is 5.89. The second-order valence-corrected chi connectivity index (χ2v) is 7.20. The summed E-state index contributed by atoms with van der Waals surface area (Å²) in [6.07, 6.45) is -4.43. The number of pyridine rings is 1. The van der Waals surface area contributed by atoms with Gasteiger partial charge < -0.3 is 14.8 Å². The molecule has 0 aliphatic rings. The first kappa shape index (κ1) is 24.4. The van der Waals surface area contributed by atoms with Gasteiger partial charge in [0.2, 0.25) is 0 Å². The van der Waals surface area contributed by atoms with Gasteiger partial charge in [0, 0.05) is 24.3 Å². The summed E-state index contributed by atoms with van der Waals surface area (Å²) >= 11 is 0. The van der Waals surface area contributed by atoms with Crippen molar-refractivity contribution in [1.82, 2.24) is 14.8 Å². The Balaban J connectivity index is 2.46. The lowest BCUT2D eigenvalue weighted by Gasteiger charge is -2.28. The summed E-state index contributed by atoms with van der Waals surface area (Å²) in [6, 6.07) is 2.42. The van der Waals surface area contributed by atoms with Crippen LogP contribution in [0, 0.1) is 0 Å². The van der Waals surface area contributed by atoms with Crippen LogP contribution in [-0.2, 0) is 11.3 Å². The van der Waals surface area contributed by atoms with Crippen LogP contribution < -0.4 is 10.1 Å². The highest BCUT2D eigenvalue weighted by Gasteiger charge is 2.36. The van der Waals surface area contributed by atoms with Crippen molar-refractivity contribution in [3.8, 4) is 17.0 Å². The molecule has 31 heavy (non-hydrogen) atoms. The Morgan fingerprint density at radius 1 is 1.23 bits per heavy atom. The normalized spacial score (nSPS) is 12.2. The number of rotatable bonds is 9. The van der Waals surface area contributed by atoms with Gasteiger partial charge in [0.1, 0.15) is 11.6 Å². The van der Waals surface area contributed by atoms with E-state index in [9.17, 15) is 26.7 Å². The van der Waals surface area contributed by atoms with Crippen molar-refractivity contribution in [2.75, 3.05) is 11.9 Å². The minimum absolute atomic E-state index is 0.0322. The van der Waals surface area contributed by atoms with E-state index >= 15 is 0 Å². The molecule has 0 aliphatic carbocycles. The molecular formula is C19H23F5N4O3. The molecule has 0 fully saturated rings. The number of nitrogens with zero attached hydrogens (tertiary/aromatic N) is 3. The van der Waals surface area contributed by atoms with Crippen LogP contribution in [0.2, 0.25) is 0 Å². The van der Waals surface area contributed by atoms with E-state index < -0.39 is 30.7 Å². The van der Waals surface area contributed by atoms with E-state index in [-0.39, 0.29) is 35.1 Å². The molecule has 0 radical (unpaired) electrons. The largest absolute Gasteiger partial charge is 0.461 e. The van der Waals surface area contributed by atoms with E-state index in [0.29, 0.717) is 6.54 Å². The number of nitrogens with one attached hydrogen (secondary N) is 1. The van der Waals surface area contributed by atoms with Gasteiger partial charge in [-0.3, -0.25) is 4.68 Å². The first-order chi connectivity index (χ1) is 14.3. The second-order valence-electron chi connectivity index (χ2n) is 7.20. The van der Waals surface area contributed by atoms with E-state index in [4.69, 9.17) is 4.74 Å². The maximum Gasteiger partial charge on any atom is 0.391 e. The van der Waals surface area contributed by atoms with Crippen molar-refractivity contribution in [2.24, 2.45) is 0 Å². The van der Waals surface area contributed by atoms with Crippen molar-refractivity contribution in [3.63, 3.8) is 0 Å². The van der Waals surface area contributed by atoms with Crippen molar-refractivity contribution < 1.29 is 36.2 Å². The van der Waals surface area contributed by atoms with E-state index in [1.807, 2.05) is 0 Å². The summed E-state index contributed by atoms with van der Waals surface area (Å²) in [5, 5.41) is 6.68. The fourth-order valence-electron chi connectivity index (χ4n) is 2.96. The fourth-order valence-corrected chi connectivity index (χ4v) is 2.96. The molecule has 1 N–H and O–H groups in total. The zero-order valence-corrected chi connectivity index (χ0v) is 17.4. The number of aromatic nitrogens is 3. The summed E-state index contributed by atoms with van der Waals surface area (Å²) < 4.78 is 75.2. The fraction of sp³-hybridized carbons (Fsp3) is 0.526. The van der Waals surface area contributed by atoms with Crippen LogP contribution in [0.4, 0.5) is 27.8 Å². The first-order valence-corrected chi connectivity index (χ1v) is 9.40. The molecule has 0 bridgehead atoms. The number of carbonyl (C=O) groups excluding carboxylic acids is 1. The molecule has 7 nitrogen and oxygen atoms in total. The summed E-state index contributed by atoms with van der Waals surface area (Å²) in [6.45, 7) is 3.19. The van der Waals surface area contributed by atoms with Gasteiger partial charge in [-0.2, -0.15) is 27.1 Å². The lowest BCUT2D eigenvalue weighted by molar-refractivity contribution is -0.142. The molecule has 0 spiro atoms. The summed E-state index contributed by atoms with van der Waals surface area (Å²) in [7, 11) is 0. The Morgan fingerprint density at radius 2 is 1.90 bits per heavy atom. The average molecular weight is 450 g/mol. The van der Waals surface area contributed by atoms with Crippen LogP contribution in [0.1, 0.15) is 44.6 Å². The molecule has 0 aliphatic heterocycles. The molecule has 2 heterocycles. The number of hydrogen-bond donors (Lipinski definition) is 1. The number of anilines is 1. The van der Waals surface area contributed by atoms with Gasteiger partial charge >= 0.3 is 18.8 Å². The number of carbonyl (C=O) groups is 1. The van der Waals surface area contributed by atoms with Crippen molar-refractivity contribution in [3.05, 3.63) is 24.0 Å². The van der Waals surface area contributed by atoms with Crippen molar-refractivity contribution >= 4 is 11.8 Å². The molecule has 2 aromatic rings. The second kappa shape index (κ2) is 9.48. The molecule has 0 saturated heterocycles. The lowest BCUT2D eigenvalue weighted by atomic mass is 10.0. The molecular weight excluding hydrogens is 427 g/mol. The third-order valence-electron chi connectivity index (χ3n) is 4.03. The van der Waals surface area contributed by atoms with Gasteiger partial charge in [-0.05, 0) is 33.8 Å². The number of ether oxygens (including phenoxy) is 2. The molecule has 2 aromatic heterocycles.